The number of aliphatic hydroxyl groups excluding tert-OH is 1. The molecule has 0 saturated carbocycles. The molecule has 0 saturated heterocycles. The van der Waals surface area contributed by atoms with Gasteiger partial charge in [-0.25, -0.2) is 9.37 Å². The minimum Gasteiger partial charge on any atom is -0.490 e. The van der Waals surface area contributed by atoms with Gasteiger partial charge in [-0.1, -0.05) is 0 Å². The maximum Gasteiger partial charge on any atom is 0.210 e. The van der Waals surface area contributed by atoms with Crippen LogP contribution in [0.5, 0.6) is 5.75 Å². The third-order valence-electron chi connectivity index (χ3n) is 3.70. The van der Waals surface area contributed by atoms with Crippen molar-refractivity contribution in [2.45, 2.75) is 12.6 Å². The Morgan fingerprint density at radius 3 is 3.22 bits per heavy atom. The van der Waals surface area contributed by atoms with Gasteiger partial charge < -0.3 is 15.2 Å². The highest BCUT2D eigenvalue weighted by atomic mass is 79.9. The van der Waals surface area contributed by atoms with Gasteiger partial charge in [0.2, 0.25) is 5.95 Å². The van der Waals surface area contributed by atoms with Crippen LogP contribution in [0.2, 0.25) is 0 Å². The number of aliphatic hydroxyl groups is 1. The topological polar surface area (TPSA) is 84.6 Å². The van der Waals surface area contributed by atoms with E-state index in [2.05, 4.69) is 36.4 Å². The lowest BCUT2D eigenvalue weighted by atomic mass is 10.0. The molecule has 0 fully saturated rings. The van der Waals surface area contributed by atoms with Crippen LogP contribution in [0, 0.1) is 5.82 Å². The normalized spacial score (nSPS) is 16.4. The van der Waals surface area contributed by atoms with Crippen molar-refractivity contribution in [2.24, 2.45) is 0 Å². The number of aromatic nitrogens is 4. The maximum atomic E-state index is 14.2. The minimum atomic E-state index is -0.828. The minimum absolute atomic E-state index is 0.137. The van der Waals surface area contributed by atoms with Crippen molar-refractivity contribution < 1.29 is 14.2 Å². The molecule has 1 aliphatic rings. The number of hydrogen-bond donors (Lipinski definition) is 2. The Bertz CT molecular complexity index is 900. The molecule has 0 spiro atoms. The van der Waals surface area contributed by atoms with Crippen molar-refractivity contribution in [1.29, 1.82) is 0 Å². The van der Waals surface area contributed by atoms with Crippen molar-refractivity contribution in [1.82, 2.24) is 19.6 Å². The van der Waals surface area contributed by atoms with Gasteiger partial charge in [-0.05, 0) is 28.1 Å². The standard InChI is InChI=1S/C14H11BrFN5O2/c15-8-4-18-14(21-6-19-20-13(8)21)17-3-7-9(16)1-2-11-12(7)10(22)5-23-11/h1-2,4,6,10,22H,3,5H2,(H,17,18). The summed E-state index contributed by atoms with van der Waals surface area (Å²) in [5.74, 6) is 0.574. The van der Waals surface area contributed by atoms with Crippen LogP contribution in [0.1, 0.15) is 17.2 Å². The second kappa shape index (κ2) is 5.43. The first kappa shape index (κ1) is 14.3. The van der Waals surface area contributed by atoms with Crippen LogP contribution in [-0.4, -0.2) is 31.3 Å². The lowest BCUT2D eigenvalue weighted by molar-refractivity contribution is 0.140. The first-order valence-electron chi connectivity index (χ1n) is 6.85. The molecule has 1 aromatic carbocycles. The zero-order chi connectivity index (χ0) is 16.0. The summed E-state index contributed by atoms with van der Waals surface area (Å²) in [7, 11) is 0. The van der Waals surface area contributed by atoms with Gasteiger partial charge in [0.1, 0.15) is 30.6 Å². The Kier molecular flexibility index (Phi) is 3.38. The lowest BCUT2D eigenvalue weighted by Gasteiger charge is -2.13. The molecule has 2 aromatic heterocycles. The molecule has 118 valence electrons. The van der Waals surface area contributed by atoms with Gasteiger partial charge in [0, 0.05) is 23.9 Å². The average Bonchev–Trinajstić information content (AvgIpc) is 3.16. The lowest BCUT2D eigenvalue weighted by Crippen LogP contribution is -2.10. The molecule has 2 N–H and O–H groups in total. The number of nitrogens with one attached hydrogen (secondary N) is 1. The molecule has 0 radical (unpaired) electrons. The Morgan fingerprint density at radius 2 is 2.35 bits per heavy atom. The fourth-order valence-electron chi connectivity index (χ4n) is 2.63. The smallest absolute Gasteiger partial charge is 0.210 e. The number of fused-ring (bicyclic) bond motifs is 2. The number of benzene rings is 1. The molecule has 0 aliphatic carbocycles. The van der Waals surface area contributed by atoms with Gasteiger partial charge in [0.15, 0.2) is 5.65 Å². The monoisotopic (exact) mass is 379 g/mol. The molecule has 0 amide bonds. The van der Waals surface area contributed by atoms with Crippen LogP contribution >= 0.6 is 15.9 Å². The number of hydrogen-bond acceptors (Lipinski definition) is 6. The first-order chi connectivity index (χ1) is 11.1. The highest BCUT2D eigenvalue weighted by Gasteiger charge is 2.27. The van der Waals surface area contributed by atoms with Gasteiger partial charge in [-0.3, -0.25) is 4.40 Å². The summed E-state index contributed by atoms with van der Waals surface area (Å²) in [6, 6.07) is 2.86. The molecule has 3 heterocycles. The molecule has 7 nitrogen and oxygen atoms in total. The summed E-state index contributed by atoms with van der Waals surface area (Å²) in [4.78, 5) is 4.24. The summed E-state index contributed by atoms with van der Waals surface area (Å²) in [5.41, 5.74) is 1.44. The van der Waals surface area contributed by atoms with Gasteiger partial charge in [0.05, 0.1) is 4.47 Å². The molecule has 3 aromatic rings. The van der Waals surface area contributed by atoms with E-state index in [1.54, 1.807) is 10.6 Å². The van der Waals surface area contributed by atoms with E-state index in [1.165, 1.54) is 18.5 Å². The fraction of sp³-hybridized carbons (Fsp3) is 0.214. The molecule has 1 atom stereocenters. The van der Waals surface area contributed by atoms with E-state index in [0.717, 1.165) is 0 Å². The predicted octanol–water partition coefficient (Wildman–Crippen LogP) is 2.06. The second-order valence-corrected chi connectivity index (χ2v) is 5.93. The highest BCUT2D eigenvalue weighted by Crippen LogP contribution is 2.36. The van der Waals surface area contributed by atoms with Gasteiger partial charge in [0.25, 0.3) is 0 Å². The second-order valence-electron chi connectivity index (χ2n) is 5.07. The van der Waals surface area contributed by atoms with Crippen LogP contribution in [0.3, 0.4) is 0 Å². The number of nitrogens with zero attached hydrogens (tertiary/aromatic N) is 4. The summed E-state index contributed by atoms with van der Waals surface area (Å²) < 4.78 is 21.9. The quantitative estimate of drug-likeness (QED) is 0.724. The van der Waals surface area contributed by atoms with E-state index >= 15 is 0 Å². The fourth-order valence-corrected chi connectivity index (χ4v) is 3.00. The zero-order valence-corrected chi connectivity index (χ0v) is 13.3. The van der Waals surface area contributed by atoms with Gasteiger partial charge in [-0.15, -0.1) is 10.2 Å². The third-order valence-corrected chi connectivity index (χ3v) is 4.26. The van der Waals surface area contributed by atoms with E-state index < -0.39 is 11.9 Å². The third kappa shape index (κ3) is 2.32. The molecule has 23 heavy (non-hydrogen) atoms. The maximum absolute atomic E-state index is 14.2. The Balaban J connectivity index is 1.69. The molecule has 1 unspecified atom stereocenters. The van der Waals surface area contributed by atoms with Crippen molar-refractivity contribution in [3.63, 3.8) is 0 Å². The largest absolute Gasteiger partial charge is 0.490 e. The van der Waals surface area contributed by atoms with Crippen LogP contribution in [-0.2, 0) is 6.54 Å². The van der Waals surface area contributed by atoms with Crippen molar-refractivity contribution in [3.8, 4) is 5.75 Å². The summed E-state index contributed by atoms with van der Waals surface area (Å²) in [5, 5.41) is 20.9. The van der Waals surface area contributed by atoms with E-state index in [-0.39, 0.29) is 13.2 Å². The van der Waals surface area contributed by atoms with Gasteiger partial charge in [-0.2, -0.15) is 0 Å². The van der Waals surface area contributed by atoms with E-state index in [9.17, 15) is 9.50 Å². The van der Waals surface area contributed by atoms with E-state index in [1.807, 2.05) is 0 Å². The molecule has 4 rings (SSSR count). The predicted molar refractivity (Wildman–Crippen MR) is 82.7 cm³/mol. The number of rotatable bonds is 3. The average molecular weight is 380 g/mol. The highest BCUT2D eigenvalue weighted by molar-refractivity contribution is 9.10. The van der Waals surface area contributed by atoms with Crippen LogP contribution in [0.4, 0.5) is 10.3 Å². The Morgan fingerprint density at radius 1 is 1.48 bits per heavy atom. The first-order valence-corrected chi connectivity index (χ1v) is 7.64. The van der Waals surface area contributed by atoms with Crippen LogP contribution in [0.15, 0.2) is 29.1 Å². The van der Waals surface area contributed by atoms with Crippen LogP contribution in [0.25, 0.3) is 5.65 Å². The van der Waals surface area contributed by atoms with E-state index in [4.69, 9.17) is 4.74 Å². The molecule has 1 aliphatic heterocycles. The number of ether oxygens (including phenoxy) is 1. The Hall–Kier alpha value is -2.26. The zero-order valence-electron chi connectivity index (χ0n) is 11.7. The molecular weight excluding hydrogens is 369 g/mol. The molecular formula is C14H11BrFN5O2. The Labute approximate surface area is 138 Å². The van der Waals surface area contributed by atoms with Gasteiger partial charge >= 0.3 is 0 Å². The van der Waals surface area contributed by atoms with E-state index in [0.29, 0.717) is 32.9 Å². The molecule has 9 heteroatoms. The summed E-state index contributed by atoms with van der Waals surface area (Å²) >= 11 is 3.34. The number of halogens is 2. The number of anilines is 1. The van der Waals surface area contributed by atoms with Crippen molar-refractivity contribution >= 4 is 27.5 Å². The van der Waals surface area contributed by atoms with Crippen molar-refractivity contribution in [3.05, 3.63) is 46.1 Å². The SMILES string of the molecule is OC1COc2ccc(F)c(CNc3ncc(Br)c4nncn34)c21. The van der Waals surface area contributed by atoms with Crippen molar-refractivity contribution in [2.75, 3.05) is 11.9 Å². The van der Waals surface area contributed by atoms with Crippen LogP contribution < -0.4 is 10.1 Å². The summed E-state index contributed by atoms with van der Waals surface area (Å²) in [6.07, 6.45) is 2.28. The summed E-state index contributed by atoms with van der Waals surface area (Å²) in [6.45, 7) is 0.287. The molecule has 0 bridgehead atoms.